The lowest BCUT2D eigenvalue weighted by Crippen LogP contribution is -2.51. The van der Waals surface area contributed by atoms with Crippen LogP contribution in [-0.4, -0.2) is 165 Å². The maximum absolute atomic E-state index is 14.3. The lowest BCUT2D eigenvalue weighted by molar-refractivity contribution is -0.870. The van der Waals surface area contributed by atoms with Gasteiger partial charge < -0.3 is 38.9 Å². The van der Waals surface area contributed by atoms with Crippen molar-refractivity contribution in [2.24, 2.45) is 0 Å². The summed E-state index contributed by atoms with van der Waals surface area (Å²) in [6.45, 7) is 0.0865. The summed E-state index contributed by atoms with van der Waals surface area (Å²) in [5.41, 5.74) is 0. The maximum atomic E-state index is 14.3. The molecule has 0 saturated carbocycles. The molecule has 2 atom stereocenters. The molecule has 0 aromatic heterocycles. The van der Waals surface area contributed by atoms with Crippen LogP contribution in [0.4, 0.5) is 0 Å². The Labute approximate surface area is 308 Å². The number of nitrogens with zero attached hydrogens (tertiary/aromatic N) is 4. The minimum absolute atomic E-state index is 0.0306. The van der Waals surface area contributed by atoms with Crippen LogP contribution in [0.2, 0.25) is 0 Å². The molecule has 0 bridgehead atoms. The quantitative estimate of drug-likeness (QED) is 0.0465. The third-order valence-corrected chi connectivity index (χ3v) is 10.7. The van der Waals surface area contributed by atoms with Gasteiger partial charge in [-0.3, -0.25) is 28.7 Å². The van der Waals surface area contributed by atoms with E-state index in [-0.39, 0.29) is 39.1 Å². The zero-order valence-corrected chi connectivity index (χ0v) is 33.5. The third-order valence-electron chi connectivity index (χ3n) is 8.70. The van der Waals surface area contributed by atoms with Gasteiger partial charge in [-0.05, 0) is 20.5 Å². The van der Waals surface area contributed by atoms with Crippen molar-refractivity contribution in [1.29, 1.82) is 0 Å². The molecule has 0 fully saturated rings. The summed E-state index contributed by atoms with van der Waals surface area (Å²) in [4.78, 5) is 40.0. The summed E-state index contributed by atoms with van der Waals surface area (Å²) >= 11 is 0. The number of hydrogen-bond donors (Lipinski definition) is 3. The minimum Gasteiger partial charge on any atom is -0.854 e. The van der Waals surface area contributed by atoms with Gasteiger partial charge in [0, 0.05) is 25.7 Å². The van der Waals surface area contributed by atoms with Gasteiger partial charge >= 0.3 is 25.5 Å². The summed E-state index contributed by atoms with van der Waals surface area (Å²) in [6.07, 6.45) is 17.8. The van der Waals surface area contributed by atoms with Crippen LogP contribution in [0.5, 0.6) is 0 Å². The molecule has 0 spiro atoms. The fraction of sp³-hybridized carbons (Fsp3) is 0.917. The highest BCUT2D eigenvalue weighted by atomic mass is 31.2. The zero-order valence-electron chi connectivity index (χ0n) is 32.6. The van der Waals surface area contributed by atoms with Gasteiger partial charge in [0.15, 0.2) is 0 Å². The largest absolute Gasteiger partial charge is 0.854 e. The first-order valence-corrected chi connectivity index (χ1v) is 20.8. The highest BCUT2D eigenvalue weighted by Crippen LogP contribution is 2.49. The van der Waals surface area contributed by atoms with Crippen molar-refractivity contribution in [2.75, 3.05) is 107 Å². The number of likely N-dealkylation sites (N-methyl/N-ethyl adjacent to an activating group) is 2. The van der Waals surface area contributed by atoms with Crippen molar-refractivity contribution < 1.29 is 52.9 Å². The second-order valence-corrected chi connectivity index (χ2v) is 17.2. The molecule has 0 aromatic carbocycles. The van der Waals surface area contributed by atoms with Crippen molar-refractivity contribution in [2.45, 2.75) is 109 Å². The van der Waals surface area contributed by atoms with E-state index in [1.807, 2.05) is 40.1 Å². The first-order chi connectivity index (χ1) is 24.1. The van der Waals surface area contributed by atoms with Gasteiger partial charge in [0.1, 0.15) is 13.2 Å². The summed E-state index contributed by atoms with van der Waals surface area (Å²) < 4.78 is 26.8. The summed E-state index contributed by atoms with van der Waals surface area (Å²) in [7, 11) is 5.74. The van der Waals surface area contributed by atoms with Crippen molar-refractivity contribution in [1.82, 2.24) is 14.7 Å². The molecule has 0 aliphatic heterocycles. The molecular formula is C36H73N4O10P. The standard InChI is InChI=1S/C36H73N4O10P/c1-37(2)22-23-38(29-34(42)43)28-33(39(30-35(44)45)31-36(46)47)32-51(48,50-27-24-40(3,4)5)49-26-21-19-17-15-13-11-9-7-6-8-10-12-14-16-18-20-25-41/h33H,6-32H2,1-5H3,(H,42,43)(H,44,45)(H,46,47). The lowest BCUT2D eigenvalue weighted by atomic mass is 10.0. The van der Waals surface area contributed by atoms with Gasteiger partial charge in [0.25, 0.3) is 0 Å². The van der Waals surface area contributed by atoms with E-state index in [9.17, 15) is 39.4 Å². The van der Waals surface area contributed by atoms with E-state index in [4.69, 9.17) is 9.05 Å². The number of aliphatic carboxylic acids is 3. The number of carboxylic acids is 3. The van der Waals surface area contributed by atoms with Gasteiger partial charge in [0.2, 0.25) is 0 Å². The molecule has 3 N–H and O–H groups in total. The van der Waals surface area contributed by atoms with Crippen molar-refractivity contribution in [3.05, 3.63) is 0 Å². The Morgan fingerprint density at radius 1 is 0.647 bits per heavy atom. The van der Waals surface area contributed by atoms with Crippen molar-refractivity contribution in [3.8, 4) is 0 Å². The molecule has 0 amide bonds. The van der Waals surface area contributed by atoms with E-state index in [1.165, 1.54) is 69.1 Å². The second kappa shape index (κ2) is 29.8. The van der Waals surface area contributed by atoms with Gasteiger partial charge in [-0.2, -0.15) is 0 Å². The third kappa shape index (κ3) is 31.6. The topological polar surface area (TPSA) is 180 Å². The van der Waals surface area contributed by atoms with Gasteiger partial charge in [-0.15, -0.1) is 6.61 Å². The Morgan fingerprint density at radius 3 is 1.45 bits per heavy atom. The van der Waals surface area contributed by atoms with E-state index < -0.39 is 44.6 Å². The number of unbranched alkanes of at least 4 members (excludes halogenated alkanes) is 15. The number of hydrogen-bond acceptors (Lipinski definition) is 10. The first-order valence-electron chi connectivity index (χ1n) is 19.1. The molecular weight excluding hydrogens is 679 g/mol. The van der Waals surface area contributed by atoms with E-state index >= 15 is 0 Å². The van der Waals surface area contributed by atoms with Crippen LogP contribution in [0, 0.1) is 0 Å². The highest BCUT2D eigenvalue weighted by molar-refractivity contribution is 7.53. The first kappa shape index (κ1) is 49.4. The summed E-state index contributed by atoms with van der Waals surface area (Å²) in [5.74, 6) is -3.59. The molecule has 51 heavy (non-hydrogen) atoms. The molecule has 15 heteroatoms. The Kier molecular flexibility index (Phi) is 28.8. The molecule has 2 unspecified atom stereocenters. The second-order valence-electron chi connectivity index (χ2n) is 15.1. The van der Waals surface area contributed by atoms with Crippen LogP contribution < -0.4 is 5.11 Å². The average Bonchev–Trinajstić information content (AvgIpc) is 3.01. The van der Waals surface area contributed by atoms with Gasteiger partial charge in [0.05, 0.1) is 53.5 Å². The lowest BCUT2D eigenvalue weighted by Gasteiger charge is -2.35. The van der Waals surface area contributed by atoms with Crippen LogP contribution in [0.25, 0.3) is 0 Å². The van der Waals surface area contributed by atoms with E-state index in [0.29, 0.717) is 30.5 Å². The fourth-order valence-electron chi connectivity index (χ4n) is 5.75. The van der Waals surface area contributed by atoms with Crippen molar-refractivity contribution >= 4 is 25.5 Å². The van der Waals surface area contributed by atoms with Crippen LogP contribution in [0.3, 0.4) is 0 Å². The molecule has 0 rings (SSSR count). The predicted octanol–water partition coefficient (Wildman–Crippen LogP) is 4.31. The van der Waals surface area contributed by atoms with Crippen LogP contribution in [-0.2, 0) is 28.0 Å². The molecule has 0 aromatic rings. The normalized spacial score (nSPS) is 14.0. The van der Waals surface area contributed by atoms with Crippen LogP contribution >= 0.6 is 7.60 Å². The van der Waals surface area contributed by atoms with Crippen LogP contribution in [0.15, 0.2) is 0 Å². The Bertz CT molecular complexity index is 951. The van der Waals surface area contributed by atoms with Gasteiger partial charge in [-0.1, -0.05) is 96.3 Å². The maximum Gasteiger partial charge on any atom is 0.332 e. The van der Waals surface area contributed by atoms with Gasteiger partial charge in [-0.25, -0.2) is 0 Å². The SMILES string of the molecule is CN(C)CCN(CC(=O)O)CC(CP(=O)(OCCCCCCCCCCCCCCCCCC[O-])OCC[N+](C)(C)C)N(CC(=O)O)CC(=O)O. The summed E-state index contributed by atoms with van der Waals surface area (Å²) in [5, 5.41) is 39.3. The average molecular weight is 753 g/mol. The summed E-state index contributed by atoms with van der Waals surface area (Å²) in [6, 6.07) is -0.922. The molecule has 0 aliphatic carbocycles. The molecule has 0 aliphatic rings. The molecule has 0 radical (unpaired) electrons. The van der Waals surface area contributed by atoms with E-state index in [0.717, 1.165) is 32.1 Å². The monoisotopic (exact) mass is 753 g/mol. The number of carbonyl (C=O) groups is 3. The van der Waals surface area contributed by atoms with E-state index in [1.54, 1.807) is 4.90 Å². The zero-order chi connectivity index (χ0) is 38.5. The smallest absolute Gasteiger partial charge is 0.332 e. The molecule has 0 heterocycles. The Balaban J connectivity index is 5.18. The Morgan fingerprint density at radius 2 is 1.06 bits per heavy atom. The number of quaternary nitrogens is 1. The van der Waals surface area contributed by atoms with Crippen molar-refractivity contribution in [3.63, 3.8) is 0 Å². The van der Waals surface area contributed by atoms with E-state index in [2.05, 4.69) is 0 Å². The molecule has 302 valence electrons. The predicted molar refractivity (Wildman–Crippen MR) is 199 cm³/mol. The number of rotatable bonds is 37. The van der Waals surface area contributed by atoms with Crippen LogP contribution in [0.1, 0.15) is 103 Å². The minimum atomic E-state index is -3.86. The Hall–Kier alpha value is -1.64. The fourth-order valence-corrected chi connectivity index (χ4v) is 7.67. The molecule has 14 nitrogen and oxygen atoms in total. The highest BCUT2D eigenvalue weighted by Gasteiger charge is 2.36. The molecule has 0 saturated heterocycles. The number of carboxylic acid groups (broad SMARTS) is 3.